The Hall–Kier alpha value is -2.34. The molecule has 1 amide bonds. The smallest absolute Gasteiger partial charge is 0.245 e. The van der Waals surface area contributed by atoms with Crippen molar-refractivity contribution in [3.8, 4) is 11.5 Å². The van der Waals surface area contributed by atoms with Crippen molar-refractivity contribution in [1.82, 2.24) is 5.43 Å². The van der Waals surface area contributed by atoms with E-state index in [0.717, 1.165) is 10.4 Å². The molecule has 1 N–H and O–H groups in total. The molecular weight excluding hydrogens is 300 g/mol. The minimum absolute atomic E-state index is 0.137. The van der Waals surface area contributed by atoms with Gasteiger partial charge in [-0.3, -0.25) is 4.79 Å². The molecule has 116 valence electrons. The Bertz CT molecular complexity index is 666. The third-order valence-corrected chi connectivity index (χ3v) is 3.94. The van der Waals surface area contributed by atoms with E-state index in [1.165, 1.54) is 0 Å². The molecule has 0 aliphatic carbocycles. The van der Waals surface area contributed by atoms with Gasteiger partial charge in [0.15, 0.2) is 11.5 Å². The molecular formula is C16H18N2O3S. The van der Waals surface area contributed by atoms with Crippen LogP contribution in [0.4, 0.5) is 0 Å². The average molecular weight is 318 g/mol. The highest BCUT2D eigenvalue weighted by atomic mass is 32.1. The van der Waals surface area contributed by atoms with Crippen LogP contribution in [0.1, 0.15) is 17.4 Å². The minimum Gasteiger partial charge on any atom is -0.493 e. The highest BCUT2D eigenvalue weighted by molar-refractivity contribution is 7.10. The summed E-state index contributed by atoms with van der Waals surface area (Å²) >= 11 is 1.55. The Kier molecular flexibility index (Phi) is 5.55. The number of methoxy groups -OCH3 is 2. The van der Waals surface area contributed by atoms with Gasteiger partial charge < -0.3 is 9.47 Å². The molecule has 0 aliphatic rings. The first-order valence-corrected chi connectivity index (χ1v) is 7.60. The van der Waals surface area contributed by atoms with E-state index in [1.54, 1.807) is 31.6 Å². The van der Waals surface area contributed by atoms with E-state index >= 15 is 0 Å². The lowest BCUT2D eigenvalue weighted by Crippen LogP contribution is -2.20. The van der Waals surface area contributed by atoms with Crippen molar-refractivity contribution < 1.29 is 14.3 Å². The maximum Gasteiger partial charge on any atom is 0.245 e. The van der Waals surface area contributed by atoms with E-state index in [-0.39, 0.29) is 5.91 Å². The predicted molar refractivity (Wildman–Crippen MR) is 87.9 cm³/mol. The van der Waals surface area contributed by atoms with E-state index < -0.39 is 0 Å². The lowest BCUT2D eigenvalue weighted by Gasteiger charge is -2.09. The van der Waals surface area contributed by atoms with Gasteiger partial charge in [0, 0.05) is 10.4 Å². The third-order valence-electron chi connectivity index (χ3n) is 3.06. The molecule has 1 aromatic carbocycles. The Morgan fingerprint density at radius 2 is 2.00 bits per heavy atom. The number of hydrazone groups is 1. The molecule has 22 heavy (non-hydrogen) atoms. The van der Waals surface area contributed by atoms with E-state index in [2.05, 4.69) is 10.5 Å². The molecule has 0 spiro atoms. The second-order valence-corrected chi connectivity index (χ2v) is 5.59. The molecule has 2 aromatic rings. The van der Waals surface area contributed by atoms with Crippen LogP contribution in [0.5, 0.6) is 11.5 Å². The Morgan fingerprint density at radius 1 is 1.23 bits per heavy atom. The lowest BCUT2D eigenvalue weighted by molar-refractivity contribution is -0.120. The van der Waals surface area contributed by atoms with Gasteiger partial charge in [-0.1, -0.05) is 6.07 Å². The van der Waals surface area contributed by atoms with Gasteiger partial charge in [-0.2, -0.15) is 5.10 Å². The molecule has 0 radical (unpaired) electrons. The highest BCUT2D eigenvalue weighted by Crippen LogP contribution is 2.27. The molecule has 0 fully saturated rings. The Labute approximate surface area is 133 Å². The fraction of sp³-hybridized carbons (Fsp3) is 0.250. The number of benzene rings is 1. The van der Waals surface area contributed by atoms with Gasteiger partial charge in [-0.25, -0.2) is 5.43 Å². The SMILES string of the molecule is COc1ccc(C(C)=NNC(=O)Cc2cccs2)cc1OC. The maximum absolute atomic E-state index is 11.8. The van der Waals surface area contributed by atoms with Gasteiger partial charge >= 0.3 is 0 Å². The summed E-state index contributed by atoms with van der Waals surface area (Å²) < 4.78 is 10.5. The zero-order chi connectivity index (χ0) is 15.9. The van der Waals surface area contributed by atoms with Crippen LogP contribution < -0.4 is 14.9 Å². The van der Waals surface area contributed by atoms with E-state index in [9.17, 15) is 4.79 Å². The van der Waals surface area contributed by atoms with Crippen molar-refractivity contribution in [3.05, 3.63) is 46.2 Å². The molecule has 0 aliphatic heterocycles. The van der Waals surface area contributed by atoms with Crippen LogP contribution in [0.25, 0.3) is 0 Å². The fourth-order valence-corrected chi connectivity index (χ4v) is 2.59. The Balaban J connectivity index is 2.04. The summed E-state index contributed by atoms with van der Waals surface area (Å²) in [5.74, 6) is 1.14. The number of hydrogen-bond acceptors (Lipinski definition) is 5. The summed E-state index contributed by atoms with van der Waals surface area (Å²) in [7, 11) is 3.17. The molecule has 1 heterocycles. The topological polar surface area (TPSA) is 59.9 Å². The summed E-state index contributed by atoms with van der Waals surface area (Å²) in [5.41, 5.74) is 4.12. The number of thiophene rings is 1. The van der Waals surface area contributed by atoms with E-state index in [1.807, 2.05) is 36.6 Å². The van der Waals surface area contributed by atoms with Gasteiger partial charge in [-0.05, 0) is 36.6 Å². The van der Waals surface area contributed by atoms with Crippen LogP contribution in [-0.4, -0.2) is 25.8 Å². The van der Waals surface area contributed by atoms with Crippen LogP contribution in [0.15, 0.2) is 40.8 Å². The first-order chi connectivity index (χ1) is 10.6. The van der Waals surface area contributed by atoms with Crippen LogP contribution in [-0.2, 0) is 11.2 Å². The lowest BCUT2D eigenvalue weighted by atomic mass is 10.1. The summed E-state index contributed by atoms with van der Waals surface area (Å²) in [4.78, 5) is 12.8. The van der Waals surface area contributed by atoms with E-state index in [4.69, 9.17) is 9.47 Å². The second kappa shape index (κ2) is 7.61. The maximum atomic E-state index is 11.8. The van der Waals surface area contributed by atoms with Crippen molar-refractivity contribution >= 4 is 23.0 Å². The summed E-state index contributed by atoms with van der Waals surface area (Å²) in [6.45, 7) is 1.83. The third kappa shape index (κ3) is 4.08. The normalized spacial score (nSPS) is 11.1. The van der Waals surface area contributed by atoms with Crippen LogP contribution in [0.3, 0.4) is 0 Å². The average Bonchev–Trinajstić information content (AvgIpc) is 3.04. The monoisotopic (exact) mass is 318 g/mol. The summed E-state index contributed by atoms with van der Waals surface area (Å²) in [5, 5.41) is 6.08. The zero-order valence-electron chi connectivity index (χ0n) is 12.8. The summed E-state index contributed by atoms with van der Waals surface area (Å²) in [6, 6.07) is 9.34. The van der Waals surface area contributed by atoms with Crippen LogP contribution in [0, 0.1) is 0 Å². The first-order valence-electron chi connectivity index (χ1n) is 6.72. The van der Waals surface area contributed by atoms with Crippen molar-refractivity contribution in [2.75, 3.05) is 14.2 Å². The van der Waals surface area contributed by atoms with Gasteiger partial charge in [0.05, 0.1) is 26.4 Å². The van der Waals surface area contributed by atoms with Gasteiger partial charge in [0.2, 0.25) is 5.91 Å². The van der Waals surface area contributed by atoms with E-state index in [0.29, 0.717) is 23.6 Å². The molecule has 0 bridgehead atoms. The molecule has 5 nitrogen and oxygen atoms in total. The fourth-order valence-electron chi connectivity index (χ4n) is 1.88. The van der Waals surface area contributed by atoms with Crippen molar-refractivity contribution in [2.45, 2.75) is 13.3 Å². The number of carbonyl (C=O) groups is 1. The number of amides is 1. The summed E-state index contributed by atoms with van der Waals surface area (Å²) in [6.07, 6.45) is 0.334. The molecule has 1 aromatic heterocycles. The number of nitrogens with zero attached hydrogens (tertiary/aromatic N) is 1. The number of carbonyl (C=O) groups excluding carboxylic acids is 1. The van der Waals surface area contributed by atoms with Crippen molar-refractivity contribution in [1.29, 1.82) is 0 Å². The standard InChI is InChI=1S/C16H18N2O3S/c1-11(12-6-7-14(20-2)15(9-12)21-3)17-18-16(19)10-13-5-4-8-22-13/h4-9H,10H2,1-3H3,(H,18,19). The molecule has 0 atom stereocenters. The van der Waals surface area contributed by atoms with Crippen molar-refractivity contribution in [3.63, 3.8) is 0 Å². The van der Waals surface area contributed by atoms with Crippen molar-refractivity contribution in [2.24, 2.45) is 5.10 Å². The first kappa shape index (κ1) is 16.0. The second-order valence-electron chi connectivity index (χ2n) is 4.56. The van der Waals surface area contributed by atoms with Crippen LogP contribution in [0.2, 0.25) is 0 Å². The molecule has 6 heteroatoms. The van der Waals surface area contributed by atoms with Crippen LogP contribution >= 0.6 is 11.3 Å². The number of ether oxygens (including phenoxy) is 2. The van der Waals surface area contributed by atoms with Gasteiger partial charge in [0.1, 0.15) is 0 Å². The number of hydrogen-bond donors (Lipinski definition) is 1. The minimum atomic E-state index is -0.137. The number of nitrogens with one attached hydrogen (secondary N) is 1. The predicted octanol–water partition coefficient (Wildman–Crippen LogP) is 2.85. The zero-order valence-corrected chi connectivity index (χ0v) is 13.6. The molecule has 0 saturated heterocycles. The molecule has 0 saturated carbocycles. The van der Waals surface area contributed by atoms with Gasteiger partial charge in [-0.15, -0.1) is 11.3 Å². The van der Waals surface area contributed by atoms with Gasteiger partial charge in [0.25, 0.3) is 0 Å². The highest BCUT2D eigenvalue weighted by Gasteiger charge is 2.07. The quantitative estimate of drug-likeness (QED) is 0.658. The number of rotatable bonds is 6. The molecule has 2 rings (SSSR count). The largest absolute Gasteiger partial charge is 0.493 e. The molecule has 0 unspecified atom stereocenters. The Morgan fingerprint density at radius 3 is 2.64 bits per heavy atom.